The van der Waals surface area contributed by atoms with Crippen molar-refractivity contribution in [1.29, 1.82) is 0 Å². The topological polar surface area (TPSA) is 74.8 Å². The Bertz CT molecular complexity index is 555. The van der Waals surface area contributed by atoms with Gasteiger partial charge in [-0.1, -0.05) is 6.07 Å². The molecule has 0 atom stereocenters. The molecule has 6 nitrogen and oxygen atoms in total. The van der Waals surface area contributed by atoms with Gasteiger partial charge in [0, 0.05) is 45.5 Å². The van der Waals surface area contributed by atoms with E-state index in [1.54, 1.807) is 26.2 Å². The third kappa shape index (κ3) is 9.59. The van der Waals surface area contributed by atoms with Crippen LogP contribution in [0.3, 0.4) is 0 Å². The summed E-state index contributed by atoms with van der Waals surface area (Å²) in [6.07, 6.45) is 0.850. The number of guanidine groups is 1. The van der Waals surface area contributed by atoms with Crippen molar-refractivity contribution in [3.8, 4) is 0 Å². The van der Waals surface area contributed by atoms with E-state index in [9.17, 15) is 9.18 Å². The summed E-state index contributed by atoms with van der Waals surface area (Å²) in [5, 5.41) is 9.01. The van der Waals surface area contributed by atoms with Crippen molar-refractivity contribution in [2.45, 2.75) is 20.3 Å². The van der Waals surface area contributed by atoms with Crippen LogP contribution in [0.4, 0.5) is 4.39 Å². The van der Waals surface area contributed by atoms with Gasteiger partial charge in [0.15, 0.2) is 5.96 Å². The van der Waals surface area contributed by atoms with Gasteiger partial charge in [0.25, 0.3) is 5.91 Å². The van der Waals surface area contributed by atoms with Crippen LogP contribution in [0.15, 0.2) is 23.2 Å². The van der Waals surface area contributed by atoms with Crippen LogP contribution in [0.25, 0.3) is 0 Å². The second-order valence-electron chi connectivity index (χ2n) is 5.25. The first-order valence-electron chi connectivity index (χ1n) is 8.14. The molecule has 8 heteroatoms. The fourth-order valence-corrected chi connectivity index (χ4v) is 1.93. The number of hydrogen-bond donors (Lipinski definition) is 3. The van der Waals surface area contributed by atoms with Crippen LogP contribution in [-0.2, 0) is 4.74 Å². The van der Waals surface area contributed by atoms with Crippen LogP contribution in [0.1, 0.15) is 29.3 Å². The molecule has 0 spiro atoms. The number of nitrogens with zero attached hydrogens (tertiary/aromatic N) is 1. The van der Waals surface area contributed by atoms with Crippen LogP contribution in [0, 0.1) is 12.7 Å². The lowest BCUT2D eigenvalue weighted by Crippen LogP contribution is -2.41. The molecule has 0 aliphatic heterocycles. The molecule has 1 aromatic rings. The van der Waals surface area contributed by atoms with E-state index in [0.717, 1.165) is 13.0 Å². The van der Waals surface area contributed by atoms with Crippen LogP contribution in [-0.4, -0.2) is 51.8 Å². The lowest BCUT2D eigenvalue weighted by atomic mass is 10.1. The lowest BCUT2D eigenvalue weighted by molar-refractivity contribution is 0.0954. The summed E-state index contributed by atoms with van der Waals surface area (Å²) >= 11 is 0. The molecule has 0 unspecified atom stereocenters. The molecular weight excluding hydrogens is 438 g/mol. The maximum absolute atomic E-state index is 13.5. The summed E-state index contributed by atoms with van der Waals surface area (Å²) in [6, 6.07) is 4.46. The summed E-state index contributed by atoms with van der Waals surface area (Å²) < 4.78 is 18.4. The second kappa shape index (κ2) is 13.8. The average Bonchev–Trinajstić information content (AvgIpc) is 2.57. The highest BCUT2D eigenvalue weighted by atomic mass is 127. The molecule has 0 saturated heterocycles. The molecule has 0 heterocycles. The quantitative estimate of drug-likeness (QED) is 0.226. The maximum atomic E-state index is 13.5. The van der Waals surface area contributed by atoms with Crippen LogP contribution < -0.4 is 16.0 Å². The Hall–Kier alpha value is -1.42. The first-order chi connectivity index (χ1) is 11.6. The van der Waals surface area contributed by atoms with E-state index >= 15 is 0 Å². The van der Waals surface area contributed by atoms with E-state index < -0.39 is 0 Å². The number of carbonyl (C=O) groups excluding carboxylic acids is 1. The van der Waals surface area contributed by atoms with Gasteiger partial charge in [0.1, 0.15) is 5.82 Å². The number of benzene rings is 1. The average molecular weight is 466 g/mol. The van der Waals surface area contributed by atoms with Gasteiger partial charge in [0.2, 0.25) is 0 Å². The van der Waals surface area contributed by atoms with Crippen molar-refractivity contribution < 1.29 is 13.9 Å². The standard InChI is InChI=1S/C17H27FN4O2.HI/c1-4-19-17(21-8-5-11-24-3)22-10-9-20-16(23)14-7-6-13(2)15(18)12-14;/h6-7,12H,4-5,8-11H2,1-3H3,(H,20,23)(H2,19,21,22);1H. The molecule has 25 heavy (non-hydrogen) atoms. The molecule has 0 radical (unpaired) electrons. The molecule has 1 rings (SSSR count). The van der Waals surface area contributed by atoms with E-state index in [1.165, 1.54) is 6.07 Å². The monoisotopic (exact) mass is 466 g/mol. The summed E-state index contributed by atoms with van der Waals surface area (Å²) in [6.45, 7) is 6.68. The van der Waals surface area contributed by atoms with Gasteiger partial charge in [-0.05, 0) is 38.0 Å². The van der Waals surface area contributed by atoms with Crippen molar-refractivity contribution in [1.82, 2.24) is 16.0 Å². The van der Waals surface area contributed by atoms with Gasteiger partial charge in [-0.15, -0.1) is 24.0 Å². The van der Waals surface area contributed by atoms with Crippen molar-refractivity contribution >= 4 is 35.8 Å². The zero-order chi connectivity index (χ0) is 17.8. The minimum atomic E-state index is -0.376. The van der Waals surface area contributed by atoms with Gasteiger partial charge in [-0.2, -0.15) is 0 Å². The summed E-state index contributed by atoms with van der Waals surface area (Å²) in [5.74, 6) is 0.0281. The second-order valence-corrected chi connectivity index (χ2v) is 5.25. The zero-order valence-electron chi connectivity index (χ0n) is 15.0. The van der Waals surface area contributed by atoms with Gasteiger partial charge in [-0.3, -0.25) is 9.79 Å². The van der Waals surface area contributed by atoms with E-state index in [2.05, 4.69) is 20.9 Å². The van der Waals surface area contributed by atoms with Crippen LogP contribution >= 0.6 is 24.0 Å². The molecule has 3 N–H and O–H groups in total. The Balaban J connectivity index is 0.00000576. The largest absolute Gasteiger partial charge is 0.385 e. The fourth-order valence-electron chi connectivity index (χ4n) is 1.93. The van der Waals surface area contributed by atoms with E-state index in [-0.39, 0.29) is 35.7 Å². The predicted octanol–water partition coefficient (Wildman–Crippen LogP) is 2.07. The Labute approximate surface area is 166 Å². The third-order valence-corrected chi connectivity index (χ3v) is 3.26. The van der Waals surface area contributed by atoms with Gasteiger partial charge in [0.05, 0.1) is 0 Å². The third-order valence-electron chi connectivity index (χ3n) is 3.26. The fraction of sp³-hybridized carbons (Fsp3) is 0.529. The molecule has 0 saturated carbocycles. The highest BCUT2D eigenvalue weighted by molar-refractivity contribution is 14.0. The summed E-state index contributed by atoms with van der Waals surface area (Å²) in [4.78, 5) is 16.4. The zero-order valence-corrected chi connectivity index (χ0v) is 17.4. The van der Waals surface area contributed by atoms with E-state index in [1.807, 2.05) is 6.92 Å². The van der Waals surface area contributed by atoms with Gasteiger partial charge in [-0.25, -0.2) is 4.39 Å². The Morgan fingerprint density at radius 1 is 1.24 bits per heavy atom. The van der Waals surface area contributed by atoms with E-state index in [0.29, 0.717) is 43.3 Å². The Morgan fingerprint density at radius 2 is 1.96 bits per heavy atom. The van der Waals surface area contributed by atoms with Crippen molar-refractivity contribution in [3.63, 3.8) is 0 Å². The Kier molecular flexibility index (Phi) is 13.0. The number of aliphatic imine (C=N–C) groups is 1. The first kappa shape index (κ1) is 23.6. The van der Waals surface area contributed by atoms with Crippen LogP contribution in [0.5, 0.6) is 0 Å². The summed E-state index contributed by atoms with van der Waals surface area (Å²) in [7, 11) is 1.66. The number of nitrogens with one attached hydrogen (secondary N) is 3. The molecule has 0 fully saturated rings. The van der Waals surface area contributed by atoms with Crippen LogP contribution in [0.2, 0.25) is 0 Å². The predicted molar refractivity (Wildman–Crippen MR) is 109 cm³/mol. The number of carbonyl (C=O) groups is 1. The number of halogens is 2. The highest BCUT2D eigenvalue weighted by Gasteiger charge is 2.07. The number of ether oxygens (including phenoxy) is 1. The van der Waals surface area contributed by atoms with E-state index in [4.69, 9.17) is 4.74 Å². The number of aryl methyl sites for hydroxylation is 1. The number of hydrogen-bond acceptors (Lipinski definition) is 3. The molecule has 142 valence electrons. The van der Waals surface area contributed by atoms with Crippen molar-refractivity contribution in [2.24, 2.45) is 4.99 Å². The maximum Gasteiger partial charge on any atom is 0.251 e. The molecule has 0 aliphatic carbocycles. The SMILES string of the molecule is CCNC(=NCCCOC)NCCNC(=O)c1ccc(C)c(F)c1.I. The molecule has 1 aromatic carbocycles. The minimum absolute atomic E-state index is 0. The number of amides is 1. The summed E-state index contributed by atoms with van der Waals surface area (Å²) in [5.41, 5.74) is 0.839. The first-order valence-corrected chi connectivity index (χ1v) is 8.14. The van der Waals surface area contributed by atoms with Crippen molar-refractivity contribution in [2.75, 3.05) is 39.9 Å². The molecule has 0 aromatic heterocycles. The molecule has 0 aliphatic rings. The van der Waals surface area contributed by atoms with Gasteiger partial charge < -0.3 is 20.7 Å². The minimum Gasteiger partial charge on any atom is -0.385 e. The normalized spacial score (nSPS) is 10.8. The molecule has 1 amide bonds. The molecule has 0 bridgehead atoms. The number of rotatable bonds is 9. The number of methoxy groups -OCH3 is 1. The Morgan fingerprint density at radius 3 is 2.60 bits per heavy atom. The van der Waals surface area contributed by atoms with Gasteiger partial charge >= 0.3 is 0 Å². The van der Waals surface area contributed by atoms with Crippen molar-refractivity contribution in [3.05, 3.63) is 35.1 Å². The smallest absolute Gasteiger partial charge is 0.251 e. The molecular formula is C17H28FIN4O2. The highest BCUT2D eigenvalue weighted by Crippen LogP contribution is 2.08. The lowest BCUT2D eigenvalue weighted by Gasteiger charge is -2.12.